The van der Waals surface area contributed by atoms with Crippen LogP contribution in [0.1, 0.15) is 5.56 Å². The Morgan fingerprint density at radius 3 is 2.52 bits per heavy atom. The van der Waals surface area contributed by atoms with Gasteiger partial charge in [0.15, 0.2) is 11.3 Å². The van der Waals surface area contributed by atoms with E-state index in [0.29, 0.717) is 22.3 Å². The molecule has 21 heavy (non-hydrogen) atoms. The molecule has 1 aromatic heterocycles. The highest BCUT2D eigenvalue weighted by Gasteiger charge is 2.17. The molecule has 0 amide bonds. The predicted molar refractivity (Wildman–Crippen MR) is 79.2 cm³/mol. The van der Waals surface area contributed by atoms with E-state index in [1.165, 1.54) is 7.11 Å². The van der Waals surface area contributed by atoms with Crippen LogP contribution in [0.15, 0.2) is 57.7 Å². The van der Waals surface area contributed by atoms with Gasteiger partial charge in [-0.1, -0.05) is 42.5 Å². The quantitative estimate of drug-likeness (QED) is 0.674. The lowest BCUT2D eigenvalue weighted by Crippen LogP contribution is -2.07. The summed E-state index contributed by atoms with van der Waals surface area (Å²) in [5.74, 6) is 0.464. The van der Waals surface area contributed by atoms with Gasteiger partial charge in [0.05, 0.1) is 7.11 Å². The maximum absolute atomic E-state index is 12.1. The molecule has 4 nitrogen and oxygen atoms in total. The van der Waals surface area contributed by atoms with Crippen molar-refractivity contribution in [3.63, 3.8) is 0 Å². The summed E-state index contributed by atoms with van der Waals surface area (Å²) in [5, 5.41) is 9.98. The SMILES string of the molecule is COc1cccc2c(-c3ccccc3)c(C#N)c(=O)oc12. The largest absolute Gasteiger partial charge is 0.493 e. The zero-order chi connectivity index (χ0) is 14.8. The van der Waals surface area contributed by atoms with Gasteiger partial charge in [-0.15, -0.1) is 0 Å². The van der Waals surface area contributed by atoms with Crippen molar-refractivity contribution in [1.82, 2.24) is 0 Å². The molecule has 0 radical (unpaired) electrons. The highest BCUT2D eigenvalue weighted by molar-refractivity contribution is 5.98. The highest BCUT2D eigenvalue weighted by atomic mass is 16.5. The van der Waals surface area contributed by atoms with Crippen molar-refractivity contribution < 1.29 is 9.15 Å². The summed E-state index contributed by atoms with van der Waals surface area (Å²) in [6.45, 7) is 0. The minimum absolute atomic E-state index is 0.00181. The first-order chi connectivity index (χ1) is 10.3. The molecule has 2 aromatic carbocycles. The van der Waals surface area contributed by atoms with Crippen LogP contribution < -0.4 is 10.4 Å². The molecule has 0 aliphatic heterocycles. The van der Waals surface area contributed by atoms with Crippen LogP contribution in [0.25, 0.3) is 22.1 Å². The molecule has 0 atom stereocenters. The number of rotatable bonds is 2. The van der Waals surface area contributed by atoms with E-state index < -0.39 is 5.63 Å². The van der Waals surface area contributed by atoms with Crippen LogP contribution in [-0.2, 0) is 0 Å². The molecule has 0 aliphatic rings. The fourth-order valence-electron chi connectivity index (χ4n) is 2.37. The molecule has 0 saturated heterocycles. The lowest BCUT2D eigenvalue weighted by Gasteiger charge is -2.10. The van der Waals surface area contributed by atoms with Crippen molar-refractivity contribution >= 4 is 11.0 Å². The molecule has 0 N–H and O–H groups in total. The second-order valence-corrected chi connectivity index (χ2v) is 4.45. The Kier molecular flexibility index (Phi) is 3.17. The third-order valence-electron chi connectivity index (χ3n) is 3.29. The Morgan fingerprint density at radius 1 is 1.10 bits per heavy atom. The standard InChI is InChI=1S/C17H11NO3/c1-20-14-9-5-8-12-15(11-6-3-2-4-7-11)13(10-18)17(19)21-16(12)14/h2-9H,1H3. The Hall–Kier alpha value is -3.06. The van der Waals surface area contributed by atoms with Crippen molar-refractivity contribution in [3.8, 4) is 22.9 Å². The van der Waals surface area contributed by atoms with Gasteiger partial charge in [0.25, 0.3) is 0 Å². The fraction of sp³-hybridized carbons (Fsp3) is 0.0588. The van der Waals surface area contributed by atoms with Crippen molar-refractivity contribution in [2.75, 3.05) is 7.11 Å². The van der Waals surface area contributed by atoms with E-state index in [4.69, 9.17) is 9.15 Å². The summed E-state index contributed by atoms with van der Waals surface area (Å²) in [4.78, 5) is 12.1. The first-order valence-electron chi connectivity index (χ1n) is 6.35. The Labute approximate surface area is 120 Å². The van der Waals surface area contributed by atoms with Crippen molar-refractivity contribution in [2.45, 2.75) is 0 Å². The zero-order valence-electron chi connectivity index (χ0n) is 11.3. The molecule has 0 aliphatic carbocycles. The van der Waals surface area contributed by atoms with Crippen LogP contribution in [0.3, 0.4) is 0 Å². The van der Waals surface area contributed by atoms with Gasteiger partial charge in [-0.05, 0) is 11.6 Å². The normalized spacial score (nSPS) is 10.3. The Bertz CT molecular complexity index is 905. The van der Waals surface area contributed by atoms with Crippen molar-refractivity contribution in [3.05, 3.63) is 64.5 Å². The minimum Gasteiger partial charge on any atom is -0.493 e. The lowest BCUT2D eigenvalue weighted by molar-refractivity contribution is 0.406. The van der Waals surface area contributed by atoms with E-state index in [2.05, 4.69) is 0 Å². The van der Waals surface area contributed by atoms with Gasteiger partial charge in [0.2, 0.25) is 0 Å². The van der Waals surface area contributed by atoms with Crippen molar-refractivity contribution in [2.24, 2.45) is 0 Å². The highest BCUT2D eigenvalue weighted by Crippen LogP contribution is 2.34. The molecule has 0 bridgehead atoms. The van der Waals surface area contributed by atoms with Gasteiger partial charge in [0, 0.05) is 10.9 Å². The molecule has 3 aromatic rings. The van der Waals surface area contributed by atoms with Gasteiger partial charge in [-0.2, -0.15) is 5.26 Å². The average molecular weight is 277 g/mol. The predicted octanol–water partition coefficient (Wildman–Crippen LogP) is 3.34. The van der Waals surface area contributed by atoms with Crippen LogP contribution in [0, 0.1) is 11.3 Å². The number of ether oxygens (including phenoxy) is 1. The van der Waals surface area contributed by atoms with Gasteiger partial charge in [-0.3, -0.25) is 0 Å². The van der Waals surface area contributed by atoms with E-state index in [0.717, 1.165) is 5.56 Å². The van der Waals surface area contributed by atoms with Gasteiger partial charge in [-0.25, -0.2) is 4.79 Å². The average Bonchev–Trinajstić information content (AvgIpc) is 2.53. The minimum atomic E-state index is -0.659. The van der Waals surface area contributed by atoms with Crippen molar-refractivity contribution in [1.29, 1.82) is 5.26 Å². The summed E-state index contributed by atoms with van der Waals surface area (Å²) in [6, 6.07) is 16.6. The Balaban J connectivity index is 2.52. The van der Waals surface area contributed by atoms with Crippen LogP contribution in [-0.4, -0.2) is 7.11 Å². The second-order valence-electron chi connectivity index (χ2n) is 4.45. The summed E-state index contributed by atoms with van der Waals surface area (Å²) in [7, 11) is 1.51. The number of fused-ring (bicyclic) bond motifs is 1. The van der Waals surface area contributed by atoms with Crippen LogP contribution in [0.4, 0.5) is 0 Å². The molecular weight excluding hydrogens is 266 g/mol. The van der Waals surface area contributed by atoms with E-state index in [9.17, 15) is 10.1 Å². The van der Waals surface area contributed by atoms with Crippen LogP contribution in [0.2, 0.25) is 0 Å². The molecule has 102 valence electrons. The van der Waals surface area contributed by atoms with E-state index in [-0.39, 0.29) is 5.56 Å². The number of nitrogens with zero attached hydrogens (tertiary/aromatic N) is 1. The smallest absolute Gasteiger partial charge is 0.355 e. The summed E-state index contributed by atoms with van der Waals surface area (Å²) >= 11 is 0. The summed E-state index contributed by atoms with van der Waals surface area (Å²) < 4.78 is 10.5. The molecular formula is C17H11NO3. The number of para-hydroxylation sites is 1. The molecule has 0 unspecified atom stereocenters. The number of hydrogen-bond acceptors (Lipinski definition) is 4. The summed E-state index contributed by atoms with van der Waals surface area (Å²) in [5.41, 5.74) is 1.06. The van der Waals surface area contributed by atoms with Crippen LogP contribution in [0.5, 0.6) is 5.75 Å². The maximum Gasteiger partial charge on any atom is 0.355 e. The zero-order valence-corrected chi connectivity index (χ0v) is 11.3. The van der Waals surface area contributed by atoms with E-state index >= 15 is 0 Å². The summed E-state index contributed by atoms with van der Waals surface area (Å²) in [6.07, 6.45) is 0. The number of hydrogen-bond donors (Lipinski definition) is 0. The third kappa shape index (κ3) is 2.05. The van der Waals surface area contributed by atoms with Crippen LogP contribution >= 0.6 is 0 Å². The first kappa shape index (κ1) is 12.9. The molecule has 3 rings (SSSR count). The third-order valence-corrected chi connectivity index (χ3v) is 3.29. The van der Waals surface area contributed by atoms with Gasteiger partial charge >= 0.3 is 5.63 Å². The molecule has 1 heterocycles. The number of nitriles is 1. The van der Waals surface area contributed by atoms with E-state index in [1.54, 1.807) is 12.1 Å². The molecule has 0 fully saturated rings. The van der Waals surface area contributed by atoms with Gasteiger partial charge < -0.3 is 9.15 Å². The topological polar surface area (TPSA) is 63.2 Å². The fourth-order valence-corrected chi connectivity index (χ4v) is 2.37. The molecule has 4 heteroatoms. The second kappa shape index (κ2) is 5.14. The number of methoxy groups -OCH3 is 1. The monoisotopic (exact) mass is 277 g/mol. The molecule has 0 spiro atoms. The molecule has 0 saturated carbocycles. The first-order valence-corrected chi connectivity index (χ1v) is 6.35. The lowest BCUT2D eigenvalue weighted by atomic mass is 9.97. The van der Waals surface area contributed by atoms with E-state index in [1.807, 2.05) is 42.5 Å². The number of benzene rings is 2. The Morgan fingerprint density at radius 2 is 1.86 bits per heavy atom. The maximum atomic E-state index is 12.1. The van der Waals surface area contributed by atoms with Gasteiger partial charge in [0.1, 0.15) is 11.6 Å².